The molecule has 2 aromatic carbocycles. The highest BCUT2D eigenvalue weighted by molar-refractivity contribution is 6.14. The number of benzene rings is 2. The highest BCUT2D eigenvalue weighted by atomic mass is 16.5. The number of aromatic amines is 2. The average molecular weight is 417 g/mol. The van der Waals surface area contributed by atoms with Crippen LogP contribution >= 0.6 is 0 Å². The molecule has 5 rings (SSSR count). The zero-order chi connectivity index (χ0) is 21.9. The molecule has 3 aromatic heterocycles. The summed E-state index contributed by atoms with van der Waals surface area (Å²) in [6, 6.07) is 12.4. The Morgan fingerprint density at radius 3 is 2.42 bits per heavy atom. The second-order valence-electron chi connectivity index (χ2n) is 8.28. The van der Waals surface area contributed by atoms with Gasteiger partial charge < -0.3 is 14.1 Å². The number of furan rings is 1. The van der Waals surface area contributed by atoms with Crippen LogP contribution in [0.3, 0.4) is 0 Å². The highest BCUT2D eigenvalue weighted by Gasteiger charge is 2.22. The van der Waals surface area contributed by atoms with Gasteiger partial charge in [0.1, 0.15) is 17.0 Å². The van der Waals surface area contributed by atoms with E-state index in [-0.39, 0.29) is 23.1 Å². The van der Waals surface area contributed by atoms with E-state index in [1.54, 1.807) is 6.07 Å². The van der Waals surface area contributed by atoms with Gasteiger partial charge in [0.2, 0.25) is 0 Å². The van der Waals surface area contributed by atoms with Gasteiger partial charge in [-0.15, -0.1) is 0 Å². The summed E-state index contributed by atoms with van der Waals surface area (Å²) in [6.07, 6.45) is 0.0650. The first-order valence-electron chi connectivity index (χ1n) is 10.3. The van der Waals surface area contributed by atoms with E-state index in [1.165, 1.54) is 12.1 Å². The highest BCUT2D eigenvalue weighted by Crippen LogP contribution is 2.38. The molecule has 0 aliphatic rings. The number of rotatable bonds is 4. The number of aromatic nitrogens is 3. The van der Waals surface area contributed by atoms with Crippen molar-refractivity contribution >= 4 is 33.1 Å². The SMILES string of the molecule is CC(C)Oc1ccc(-c2c3oc4cc(=O)ccc4c3[nH]c3c2c(=O)[nH]n3C(C)C)cc1. The van der Waals surface area contributed by atoms with Gasteiger partial charge in [-0.2, -0.15) is 0 Å². The number of ether oxygens (including phenoxy) is 1. The molecule has 31 heavy (non-hydrogen) atoms. The van der Waals surface area contributed by atoms with Crippen molar-refractivity contribution in [3.8, 4) is 16.9 Å². The van der Waals surface area contributed by atoms with Gasteiger partial charge in [0.05, 0.1) is 17.0 Å². The predicted molar refractivity (Wildman–Crippen MR) is 122 cm³/mol. The normalized spacial score (nSPS) is 12.1. The van der Waals surface area contributed by atoms with Crippen LogP contribution in [0.1, 0.15) is 33.7 Å². The molecule has 0 bridgehead atoms. The summed E-state index contributed by atoms with van der Waals surface area (Å²) in [6.45, 7) is 7.95. The van der Waals surface area contributed by atoms with Crippen molar-refractivity contribution in [1.29, 1.82) is 0 Å². The molecule has 7 heteroatoms. The predicted octanol–water partition coefficient (Wildman–Crippen LogP) is 4.95. The molecule has 5 aromatic rings. The maximum atomic E-state index is 13.0. The molecule has 0 spiro atoms. The average Bonchev–Trinajstić information content (AvgIpc) is 3.24. The summed E-state index contributed by atoms with van der Waals surface area (Å²) in [5.41, 5.74) is 3.63. The topological polar surface area (TPSA) is 93.0 Å². The van der Waals surface area contributed by atoms with Crippen LogP contribution in [0.15, 0.2) is 56.5 Å². The van der Waals surface area contributed by atoms with Gasteiger partial charge in [0, 0.05) is 23.1 Å². The van der Waals surface area contributed by atoms with E-state index in [1.807, 2.05) is 56.6 Å². The minimum absolute atomic E-state index is 0.0416. The molecule has 158 valence electrons. The second kappa shape index (κ2) is 6.91. The molecule has 0 aliphatic carbocycles. The summed E-state index contributed by atoms with van der Waals surface area (Å²) >= 11 is 0. The van der Waals surface area contributed by atoms with E-state index in [2.05, 4.69) is 10.1 Å². The van der Waals surface area contributed by atoms with Crippen molar-refractivity contribution in [2.24, 2.45) is 0 Å². The van der Waals surface area contributed by atoms with E-state index in [0.717, 1.165) is 22.2 Å². The lowest BCUT2D eigenvalue weighted by Crippen LogP contribution is -2.07. The number of H-pyrrole nitrogens is 2. The lowest BCUT2D eigenvalue weighted by molar-refractivity contribution is 0.242. The molecule has 3 heterocycles. The van der Waals surface area contributed by atoms with Gasteiger partial charge in [0.25, 0.3) is 5.56 Å². The largest absolute Gasteiger partial charge is 0.491 e. The molecule has 0 atom stereocenters. The maximum Gasteiger partial charge on any atom is 0.274 e. The van der Waals surface area contributed by atoms with Crippen LogP contribution in [-0.2, 0) is 0 Å². The van der Waals surface area contributed by atoms with Gasteiger partial charge in [-0.3, -0.25) is 19.4 Å². The Hall–Kier alpha value is -3.74. The number of nitrogens with zero attached hydrogens (tertiary/aromatic N) is 1. The minimum Gasteiger partial charge on any atom is -0.491 e. The summed E-state index contributed by atoms with van der Waals surface area (Å²) in [5.74, 6) is 0.753. The second-order valence-corrected chi connectivity index (χ2v) is 8.28. The third kappa shape index (κ3) is 3.04. The Morgan fingerprint density at radius 2 is 1.74 bits per heavy atom. The molecule has 2 N–H and O–H groups in total. The van der Waals surface area contributed by atoms with Gasteiger partial charge in [-0.1, -0.05) is 12.1 Å². The third-order valence-electron chi connectivity index (χ3n) is 5.34. The molecule has 0 fully saturated rings. The Morgan fingerprint density at radius 1 is 1.00 bits per heavy atom. The van der Waals surface area contributed by atoms with Crippen LogP contribution in [0.2, 0.25) is 0 Å². The fourth-order valence-corrected chi connectivity index (χ4v) is 4.05. The fourth-order valence-electron chi connectivity index (χ4n) is 4.05. The van der Waals surface area contributed by atoms with E-state index in [0.29, 0.717) is 27.8 Å². The fraction of sp³-hybridized carbons (Fsp3) is 0.250. The standard InChI is InChI=1S/C24H23N3O4/c1-12(2)27-23-20(24(29)26-27)19(14-5-8-16(9-6-14)30-13(3)4)22-21(25-23)17-10-7-15(28)11-18(17)31-22/h5-13,25H,1-4H3,(H,26,29). The van der Waals surface area contributed by atoms with Crippen molar-refractivity contribution in [2.75, 3.05) is 0 Å². The Labute approximate surface area is 177 Å². The molecular formula is C24H23N3O4. The molecule has 0 saturated carbocycles. The van der Waals surface area contributed by atoms with Gasteiger partial charge in [0.15, 0.2) is 11.0 Å². The van der Waals surface area contributed by atoms with Gasteiger partial charge >= 0.3 is 0 Å². The van der Waals surface area contributed by atoms with Crippen molar-refractivity contribution in [3.05, 3.63) is 63.0 Å². The number of hydrogen-bond donors (Lipinski definition) is 2. The quantitative estimate of drug-likeness (QED) is 0.433. The molecule has 7 nitrogen and oxygen atoms in total. The third-order valence-corrected chi connectivity index (χ3v) is 5.34. The van der Waals surface area contributed by atoms with Crippen LogP contribution < -0.4 is 15.7 Å². The summed E-state index contributed by atoms with van der Waals surface area (Å²) in [5, 5.41) is 4.24. The molecule has 0 aliphatic heterocycles. The zero-order valence-corrected chi connectivity index (χ0v) is 17.8. The Kier molecular flexibility index (Phi) is 4.28. The van der Waals surface area contributed by atoms with E-state index < -0.39 is 0 Å². The van der Waals surface area contributed by atoms with Crippen molar-refractivity contribution in [3.63, 3.8) is 0 Å². The van der Waals surface area contributed by atoms with Crippen LogP contribution in [0.4, 0.5) is 0 Å². The molecule has 0 saturated heterocycles. The first-order chi connectivity index (χ1) is 14.8. The van der Waals surface area contributed by atoms with Crippen molar-refractivity contribution in [2.45, 2.75) is 39.8 Å². The number of nitrogens with one attached hydrogen (secondary N) is 2. The first kappa shape index (κ1) is 19.2. The van der Waals surface area contributed by atoms with Crippen molar-refractivity contribution < 1.29 is 9.15 Å². The van der Waals surface area contributed by atoms with E-state index in [4.69, 9.17) is 9.15 Å². The number of fused-ring (bicyclic) bond motifs is 4. The van der Waals surface area contributed by atoms with Crippen molar-refractivity contribution in [1.82, 2.24) is 14.8 Å². The molecular weight excluding hydrogens is 394 g/mol. The molecule has 0 unspecified atom stereocenters. The maximum absolute atomic E-state index is 13.0. The lowest BCUT2D eigenvalue weighted by atomic mass is 10.0. The van der Waals surface area contributed by atoms with Crippen LogP contribution in [-0.4, -0.2) is 20.9 Å². The zero-order valence-electron chi connectivity index (χ0n) is 17.8. The molecule has 0 radical (unpaired) electrons. The van der Waals surface area contributed by atoms with E-state index in [9.17, 15) is 9.59 Å². The Bertz CT molecular complexity index is 1550. The minimum atomic E-state index is -0.204. The monoisotopic (exact) mass is 417 g/mol. The lowest BCUT2D eigenvalue weighted by Gasteiger charge is -2.12. The molecule has 0 amide bonds. The van der Waals surface area contributed by atoms with E-state index >= 15 is 0 Å². The van der Waals surface area contributed by atoms with Crippen LogP contribution in [0, 0.1) is 0 Å². The Balaban J connectivity index is 1.90. The number of pyridine rings is 1. The number of hydrogen-bond acceptors (Lipinski definition) is 4. The first-order valence-corrected chi connectivity index (χ1v) is 10.3. The summed E-state index contributed by atoms with van der Waals surface area (Å²) in [7, 11) is 0. The van der Waals surface area contributed by atoms with Crippen LogP contribution in [0.5, 0.6) is 5.75 Å². The smallest absolute Gasteiger partial charge is 0.274 e. The summed E-state index contributed by atoms with van der Waals surface area (Å²) < 4.78 is 13.7. The van der Waals surface area contributed by atoms with Gasteiger partial charge in [-0.25, -0.2) is 0 Å². The van der Waals surface area contributed by atoms with Crippen LogP contribution in [0.25, 0.3) is 44.2 Å². The van der Waals surface area contributed by atoms with Gasteiger partial charge in [-0.05, 0) is 57.5 Å². The summed E-state index contributed by atoms with van der Waals surface area (Å²) in [4.78, 5) is 28.3.